The van der Waals surface area contributed by atoms with E-state index in [-0.39, 0.29) is 11.9 Å². The molecule has 1 aromatic heterocycles. The van der Waals surface area contributed by atoms with Gasteiger partial charge in [0.1, 0.15) is 5.01 Å². The molecule has 4 nitrogen and oxygen atoms in total. The van der Waals surface area contributed by atoms with E-state index in [4.69, 9.17) is 0 Å². The Hall–Kier alpha value is -1.72. The Bertz CT molecular complexity index is 551. The molecule has 2 aromatic rings. The Labute approximate surface area is 123 Å². The second-order valence-electron chi connectivity index (χ2n) is 4.82. The second kappa shape index (κ2) is 7.17. The van der Waals surface area contributed by atoms with Crippen molar-refractivity contribution in [2.75, 3.05) is 6.54 Å². The summed E-state index contributed by atoms with van der Waals surface area (Å²) in [4.78, 5) is 16.0. The van der Waals surface area contributed by atoms with E-state index in [0.717, 1.165) is 16.3 Å². The highest BCUT2D eigenvalue weighted by Crippen LogP contribution is 2.21. The Balaban J connectivity index is 1.83. The maximum absolute atomic E-state index is 11.5. The van der Waals surface area contributed by atoms with Crippen LogP contribution >= 0.6 is 11.3 Å². The van der Waals surface area contributed by atoms with E-state index in [1.165, 1.54) is 0 Å². The molecule has 0 atom stereocenters. The monoisotopic (exact) mass is 289 g/mol. The molecule has 20 heavy (non-hydrogen) atoms. The van der Waals surface area contributed by atoms with Crippen molar-refractivity contribution in [1.29, 1.82) is 0 Å². The number of hydrogen-bond acceptors (Lipinski definition) is 4. The van der Waals surface area contributed by atoms with Gasteiger partial charge in [-0.2, -0.15) is 0 Å². The molecule has 5 heteroatoms. The van der Waals surface area contributed by atoms with E-state index in [1.807, 2.05) is 49.6 Å². The van der Waals surface area contributed by atoms with Gasteiger partial charge in [-0.05, 0) is 13.8 Å². The van der Waals surface area contributed by atoms with Crippen LogP contribution in [0.1, 0.15) is 18.9 Å². The van der Waals surface area contributed by atoms with E-state index in [0.29, 0.717) is 13.1 Å². The van der Waals surface area contributed by atoms with Gasteiger partial charge in [0.05, 0.1) is 12.2 Å². The Morgan fingerprint density at radius 3 is 2.75 bits per heavy atom. The van der Waals surface area contributed by atoms with E-state index in [2.05, 4.69) is 15.6 Å². The molecule has 0 aliphatic heterocycles. The van der Waals surface area contributed by atoms with Crippen LogP contribution in [0.25, 0.3) is 11.3 Å². The Kier molecular flexibility index (Phi) is 5.26. The summed E-state index contributed by atoms with van der Waals surface area (Å²) >= 11 is 1.60. The summed E-state index contributed by atoms with van der Waals surface area (Å²) in [7, 11) is 0. The summed E-state index contributed by atoms with van der Waals surface area (Å²) in [5.41, 5.74) is 2.10. The molecule has 1 amide bonds. The molecule has 0 fully saturated rings. The van der Waals surface area contributed by atoms with Gasteiger partial charge in [-0.25, -0.2) is 4.98 Å². The molecule has 0 aliphatic carbocycles. The third-order valence-corrected chi connectivity index (χ3v) is 3.48. The van der Waals surface area contributed by atoms with Crippen molar-refractivity contribution >= 4 is 17.2 Å². The molecule has 0 unspecified atom stereocenters. The maximum Gasteiger partial charge on any atom is 0.234 e. The van der Waals surface area contributed by atoms with Crippen LogP contribution in [0.2, 0.25) is 0 Å². The normalized spacial score (nSPS) is 10.8. The van der Waals surface area contributed by atoms with Crippen LogP contribution in [0, 0.1) is 0 Å². The zero-order valence-electron chi connectivity index (χ0n) is 11.7. The lowest BCUT2D eigenvalue weighted by Crippen LogP contribution is -2.37. The van der Waals surface area contributed by atoms with Gasteiger partial charge in [-0.1, -0.05) is 30.3 Å². The standard InChI is InChI=1S/C15H19N3OS/c1-11(2)17-14(19)8-16-9-15-18-13(10-20-15)12-6-4-3-5-7-12/h3-7,10-11,16H,8-9H2,1-2H3,(H,17,19). The molecule has 2 rings (SSSR count). The number of amides is 1. The molecule has 0 saturated heterocycles. The molecule has 0 aliphatic rings. The predicted octanol–water partition coefficient (Wildman–Crippen LogP) is 2.42. The second-order valence-corrected chi connectivity index (χ2v) is 5.76. The highest BCUT2D eigenvalue weighted by molar-refractivity contribution is 7.09. The third-order valence-electron chi connectivity index (χ3n) is 2.63. The number of carbonyl (C=O) groups is 1. The predicted molar refractivity (Wildman–Crippen MR) is 82.5 cm³/mol. The number of carbonyl (C=O) groups excluding carboxylic acids is 1. The first kappa shape index (κ1) is 14.7. The quantitative estimate of drug-likeness (QED) is 0.858. The van der Waals surface area contributed by atoms with Crippen molar-refractivity contribution in [2.45, 2.75) is 26.4 Å². The summed E-state index contributed by atoms with van der Waals surface area (Å²) in [5, 5.41) is 8.98. The first-order valence-corrected chi connectivity index (χ1v) is 7.53. The SMILES string of the molecule is CC(C)NC(=O)CNCc1nc(-c2ccccc2)cs1. The number of nitrogens with zero attached hydrogens (tertiary/aromatic N) is 1. The van der Waals surface area contributed by atoms with Crippen LogP contribution in [0.5, 0.6) is 0 Å². The van der Waals surface area contributed by atoms with Crippen molar-refractivity contribution in [3.63, 3.8) is 0 Å². The van der Waals surface area contributed by atoms with Crippen molar-refractivity contribution in [2.24, 2.45) is 0 Å². The first-order chi connectivity index (χ1) is 9.65. The number of nitrogens with one attached hydrogen (secondary N) is 2. The van der Waals surface area contributed by atoms with Crippen LogP contribution in [0.4, 0.5) is 0 Å². The molecule has 106 valence electrons. The average molecular weight is 289 g/mol. The Morgan fingerprint density at radius 2 is 2.05 bits per heavy atom. The largest absolute Gasteiger partial charge is 0.353 e. The molecule has 0 saturated carbocycles. The van der Waals surface area contributed by atoms with Gasteiger partial charge in [-0.3, -0.25) is 4.79 Å². The molecule has 0 radical (unpaired) electrons. The van der Waals surface area contributed by atoms with Gasteiger partial charge in [0.25, 0.3) is 0 Å². The fourth-order valence-electron chi connectivity index (χ4n) is 1.79. The molecular formula is C15H19N3OS. The molecule has 0 spiro atoms. The first-order valence-electron chi connectivity index (χ1n) is 6.65. The summed E-state index contributed by atoms with van der Waals surface area (Å²) in [6.45, 7) is 4.83. The summed E-state index contributed by atoms with van der Waals surface area (Å²) in [6.07, 6.45) is 0. The Morgan fingerprint density at radius 1 is 1.30 bits per heavy atom. The zero-order chi connectivity index (χ0) is 14.4. The fraction of sp³-hybridized carbons (Fsp3) is 0.333. The smallest absolute Gasteiger partial charge is 0.234 e. The number of rotatable bonds is 6. The summed E-state index contributed by atoms with van der Waals surface area (Å²) in [6, 6.07) is 10.3. The van der Waals surface area contributed by atoms with E-state index in [1.54, 1.807) is 11.3 Å². The van der Waals surface area contributed by atoms with E-state index >= 15 is 0 Å². The van der Waals surface area contributed by atoms with Crippen molar-refractivity contribution in [1.82, 2.24) is 15.6 Å². The molecule has 2 N–H and O–H groups in total. The molecule has 1 heterocycles. The average Bonchev–Trinajstić information content (AvgIpc) is 2.88. The van der Waals surface area contributed by atoms with Crippen molar-refractivity contribution < 1.29 is 4.79 Å². The maximum atomic E-state index is 11.5. The fourth-order valence-corrected chi connectivity index (χ4v) is 2.56. The van der Waals surface area contributed by atoms with E-state index < -0.39 is 0 Å². The minimum absolute atomic E-state index is 0.0137. The van der Waals surface area contributed by atoms with Crippen LogP contribution < -0.4 is 10.6 Å². The lowest BCUT2D eigenvalue weighted by molar-refractivity contribution is -0.120. The van der Waals surface area contributed by atoms with Crippen molar-refractivity contribution in [3.8, 4) is 11.3 Å². The summed E-state index contributed by atoms with van der Waals surface area (Å²) < 4.78 is 0. The highest BCUT2D eigenvalue weighted by Gasteiger charge is 2.06. The van der Waals surface area contributed by atoms with Gasteiger partial charge in [0.2, 0.25) is 5.91 Å². The molecular weight excluding hydrogens is 270 g/mol. The lowest BCUT2D eigenvalue weighted by Gasteiger charge is -2.08. The van der Waals surface area contributed by atoms with Gasteiger partial charge >= 0.3 is 0 Å². The minimum atomic E-state index is 0.0137. The topological polar surface area (TPSA) is 54.0 Å². The van der Waals surface area contributed by atoms with Crippen LogP contribution in [-0.4, -0.2) is 23.5 Å². The molecule has 1 aromatic carbocycles. The van der Waals surface area contributed by atoms with Gasteiger partial charge in [0, 0.05) is 23.5 Å². The third kappa shape index (κ3) is 4.43. The van der Waals surface area contributed by atoms with E-state index in [9.17, 15) is 4.79 Å². The molecule has 0 bridgehead atoms. The number of thiazole rings is 1. The number of benzene rings is 1. The minimum Gasteiger partial charge on any atom is -0.353 e. The van der Waals surface area contributed by atoms with Gasteiger partial charge < -0.3 is 10.6 Å². The number of aromatic nitrogens is 1. The highest BCUT2D eigenvalue weighted by atomic mass is 32.1. The van der Waals surface area contributed by atoms with Crippen LogP contribution in [-0.2, 0) is 11.3 Å². The summed E-state index contributed by atoms with van der Waals surface area (Å²) in [5.74, 6) is 0.0137. The van der Waals surface area contributed by atoms with Crippen LogP contribution in [0.15, 0.2) is 35.7 Å². The van der Waals surface area contributed by atoms with Gasteiger partial charge in [-0.15, -0.1) is 11.3 Å². The zero-order valence-corrected chi connectivity index (χ0v) is 12.5. The van der Waals surface area contributed by atoms with Gasteiger partial charge in [0.15, 0.2) is 0 Å². The van der Waals surface area contributed by atoms with Crippen molar-refractivity contribution in [3.05, 3.63) is 40.7 Å². The number of hydrogen-bond donors (Lipinski definition) is 2. The van der Waals surface area contributed by atoms with Crippen LogP contribution in [0.3, 0.4) is 0 Å². The lowest BCUT2D eigenvalue weighted by atomic mass is 10.2.